The monoisotopic (exact) mass is 284 g/mol. The van der Waals surface area contributed by atoms with Gasteiger partial charge in [0, 0.05) is 6.54 Å². The van der Waals surface area contributed by atoms with Crippen LogP contribution < -0.4 is 5.73 Å². The predicted molar refractivity (Wildman–Crippen MR) is 78.3 cm³/mol. The number of hydrogen-bond acceptors (Lipinski definition) is 5. The minimum Gasteiger partial charge on any atom is -0.461 e. The summed E-state index contributed by atoms with van der Waals surface area (Å²) in [5, 5.41) is 0.780. The third-order valence-corrected chi connectivity index (χ3v) is 4.35. The summed E-state index contributed by atoms with van der Waals surface area (Å²) in [7, 11) is 0. The molecule has 0 saturated carbocycles. The molecule has 1 unspecified atom stereocenters. The molecule has 1 rings (SSSR count). The summed E-state index contributed by atoms with van der Waals surface area (Å²) in [5.74, 6) is 0.204. The molecular formula is C14H24N2O2S. The average Bonchev–Trinajstić information content (AvgIpc) is 2.80. The fraction of sp³-hybridized carbons (Fsp3) is 0.714. The molecule has 5 heteroatoms. The van der Waals surface area contributed by atoms with Crippen molar-refractivity contribution in [1.82, 2.24) is 4.98 Å². The summed E-state index contributed by atoms with van der Waals surface area (Å²) in [6, 6.07) is 0. The Labute approximate surface area is 119 Å². The second-order valence-electron chi connectivity index (χ2n) is 4.74. The van der Waals surface area contributed by atoms with Crippen LogP contribution in [0, 0.1) is 12.8 Å². The lowest BCUT2D eigenvalue weighted by atomic mass is 10.0. The van der Waals surface area contributed by atoms with Gasteiger partial charge in [0.25, 0.3) is 0 Å². The van der Waals surface area contributed by atoms with Crippen molar-refractivity contribution in [3.63, 3.8) is 0 Å². The van der Waals surface area contributed by atoms with Gasteiger partial charge >= 0.3 is 5.97 Å². The highest BCUT2D eigenvalue weighted by atomic mass is 32.1. The maximum absolute atomic E-state index is 12.0. The molecule has 0 bridgehead atoms. The molecule has 1 aromatic heterocycles. The molecule has 4 nitrogen and oxygen atoms in total. The lowest BCUT2D eigenvalue weighted by molar-refractivity contribution is 0.0433. The quantitative estimate of drug-likeness (QED) is 0.744. The van der Waals surface area contributed by atoms with E-state index in [0.29, 0.717) is 23.9 Å². The largest absolute Gasteiger partial charge is 0.461 e. The van der Waals surface area contributed by atoms with Crippen LogP contribution in [0.3, 0.4) is 0 Å². The number of aryl methyl sites for hydroxylation is 1. The summed E-state index contributed by atoms with van der Waals surface area (Å²) in [6.45, 7) is 7.00. The van der Waals surface area contributed by atoms with E-state index in [-0.39, 0.29) is 5.97 Å². The van der Waals surface area contributed by atoms with E-state index in [1.807, 2.05) is 6.92 Å². The van der Waals surface area contributed by atoms with E-state index in [1.54, 1.807) is 0 Å². The number of thiazole rings is 1. The van der Waals surface area contributed by atoms with Crippen molar-refractivity contribution < 1.29 is 9.53 Å². The van der Waals surface area contributed by atoms with Gasteiger partial charge in [-0.05, 0) is 19.3 Å². The Kier molecular flexibility index (Phi) is 7.02. The van der Waals surface area contributed by atoms with E-state index in [0.717, 1.165) is 23.5 Å². The zero-order valence-electron chi connectivity index (χ0n) is 12.1. The number of carbonyl (C=O) groups is 1. The molecule has 0 radical (unpaired) electrons. The van der Waals surface area contributed by atoms with E-state index in [4.69, 9.17) is 10.5 Å². The Hall–Kier alpha value is -0.940. The average molecular weight is 284 g/mol. The molecule has 0 aromatic carbocycles. The second kappa shape index (κ2) is 8.27. The number of nitrogens with zero attached hydrogens (tertiary/aromatic N) is 1. The minimum atomic E-state index is -0.260. The molecule has 19 heavy (non-hydrogen) atoms. The fourth-order valence-corrected chi connectivity index (χ4v) is 2.72. The fourth-order valence-electron chi connectivity index (χ4n) is 1.89. The van der Waals surface area contributed by atoms with Gasteiger partial charge in [0.1, 0.15) is 9.88 Å². The normalized spacial score (nSPS) is 12.4. The number of aromatic nitrogens is 1. The standard InChI is InChI=1S/C14H24N2O2S/c1-4-6-7-11(5-2)9-18-14(17)13-10(3)16-12(8-15)19-13/h11H,4-9,15H2,1-3H3. The molecule has 1 heterocycles. The minimum absolute atomic E-state index is 0.260. The Morgan fingerprint density at radius 2 is 2.21 bits per heavy atom. The molecule has 0 aliphatic rings. The van der Waals surface area contributed by atoms with Crippen LogP contribution in [0.5, 0.6) is 0 Å². The van der Waals surface area contributed by atoms with Crippen molar-refractivity contribution in [3.05, 3.63) is 15.6 Å². The van der Waals surface area contributed by atoms with Crippen molar-refractivity contribution in [2.75, 3.05) is 6.61 Å². The van der Waals surface area contributed by atoms with E-state index in [1.165, 1.54) is 24.2 Å². The number of ether oxygens (including phenoxy) is 1. The Morgan fingerprint density at radius 1 is 1.47 bits per heavy atom. The van der Waals surface area contributed by atoms with Gasteiger partial charge in [-0.15, -0.1) is 11.3 Å². The zero-order chi connectivity index (χ0) is 14.3. The molecular weight excluding hydrogens is 260 g/mol. The first kappa shape index (κ1) is 16.1. The first-order chi connectivity index (χ1) is 9.12. The molecule has 1 atom stereocenters. The molecule has 0 aliphatic heterocycles. The zero-order valence-corrected chi connectivity index (χ0v) is 12.9. The summed E-state index contributed by atoms with van der Waals surface area (Å²) in [4.78, 5) is 16.8. The molecule has 2 N–H and O–H groups in total. The summed E-state index contributed by atoms with van der Waals surface area (Å²) < 4.78 is 5.41. The Bertz CT molecular complexity index is 404. The van der Waals surface area contributed by atoms with E-state index >= 15 is 0 Å². The van der Waals surface area contributed by atoms with Crippen LogP contribution in [-0.4, -0.2) is 17.6 Å². The summed E-state index contributed by atoms with van der Waals surface area (Å²) >= 11 is 1.33. The molecule has 1 aromatic rings. The van der Waals surface area contributed by atoms with Gasteiger partial charge in [-0.1, -0.05) is 33.1 Å². The number of unbranched alkanes of at least 4 members (excludes halogenated alkanes) is 1. The molecule has 108 valence electrons. The van der Waals surface area contributed by atoms with Crippen LogP contribution in [0.4, 0.5) is 0 Å². The van der Waals surface area contributed by atoms with Crippen molar-refractivity contribution in [2.45, 2.75) is 53.0 Å². The molecule has 0 saturated heterocycles. The Morgan fingerprint density at radius 3 is 2.74 bits per heavy atom. The van der Waals surface area contributed by atoms with Crippen LogP contribution in [0.2, 0.25) is 0 Å². The lowest BCUT2D eigenvalue weighted by Gasteiger charge is -2.14. The van der Waals surface area contributed by atoms with Gasteiger partial charge in [0.05, 0.1) is 12.3 Å². The van der Waals surface area contributed by atoms with Crippen molar-refractivity contribution >= 4 is 17.3 Å². The highest BCUT2D eigenvalue weighted by Gasteiger charge is 2.17. The lowest BCUT2D eigenvalue weighted by Crippen LogP contribution is -2.13. The SMILES string of the molecule is CCCCC(CC)COC(=O)c1sc(CN)nc1C. The van der Waals surface area contributed by atoms with Crippen LogP contribution >= 0.6 is 11.3 Å². The van der Waals surface area contributed by atoms with E-state index < -0.39 is 0 Å². The number of carbonyl (C=O) groups excluding carboxylic acids is 1. The highest BCUT2D eigenvalue weighted by molar-refractivity contribution is 7.13. The van der Waals surface area contributed by atoms with Gasteiger partial charge in [0.15, 0.2) is 0 Å². The maximum Gasteiger partial charge on any atom is 0.350 e. The summed E-state index contributed by atoms with van der Waals surface area (Å²) in [6.07, 6.45) is 4.53. The van der Waals surface area contributed by atoms with Crippen molar-refractivity contribution in [1.29, 1.82) is 0 Å². The molecule has 0 aliphatic carbocycles. The van der Waals surface area contributed by atoms with E-state index in [9.17, 15) is 4.79 Å². The van der Waals surface area contributed by atoms with Gasteiger partial charge in [0.2, 0.25) is 0 Å². The van der Waals surface area contributed by atoms with Gasteiger partial charge in [-0.2, -0.15) is 0 Å². The topological polar surface area (TPSA) is 65.2 Å². The Balaban J connectivity index is 2.51. The number of rotatable bonds is 8. The number of hydrogen-bond donors (Lipinski definition) is 1. The molecule has 0 amide bonds. The number of esters is 1. The van der Waals surface area contributed by atoms with Crippen LogP contribution in [0.25, 0.3) is 0 Å². The first-order valence-electron chi connectivity index (χ1n) is 6.95. The predicted octanol–water partition coefficient (Wildman–Crippen LogP) is 3.28. The molecule has 0 fully saturated rings. The van der Waals surface area contributed by atoms with E-state index in [2.05, 4.69) is 18.8 Å². The van der Waals surface area contributed by atoms with Crippen molar-refractivity contribution in [2.24, 2.45) is 11.7 Å². The van der Waals surface area contributed by atoms with Crippen molar-refractivity contribution in [3.8, 4) is 0 Å². The third kappa shape index (κ3) is 4.91. The van der Waals surface area contributed by atoms with Crippen LogP contribution in [-0.2, 0) is 11.3 Å². The van der Waals surface area contributed by atoms with Crippen LogP contribution in [0.1, 0.15) is 59.9 Å². The van der Waals surface area contributed by atoms with Gasteiger partial charge in [-0.3, -0.25) is 0 Å². The third-order valence-electron chi connectivity index (χ3n) is 3.19. The van der Waals surface area contributed by atoms with Gasteiger partial charge in [-0.25, -0.2) is 9.78 Å². The van der Waals surface area contributed by atoms with Crippen LogP contribution in [0.15, 0.2) is 0 Å². The maximum atomic E-state index is 12.0. The molecule has 0 spiro atoms. The van der Waals surface area contributed by atoms with Gasteiger partial charge < -0.3 is 10.5 Å². The highest BCUT2D eigenvalue weighted by Crippen LogP contribution is 2.20. The summed E-state index contributed by atoms with van der Waals surface area (Å²) in [5.41, 5.74) is 6.25. The smallest absolute Gasteiger partial charge is 0.350 e. The first-order valence-corrected chi connectivity index (χ1v) is 7.77. The number of nitrogens with two attached hydrogens (primary N) is 1. The second-order valence-corrected chi connectivity index (χ2v) is 5.82.